The van der Waals surface area contributed by atoms with Crippen LogP contribution in [0.1, 0.15) is 25.8 Å². The lowest BCUT2D eigenvalue weighted by molar-refractivity contribution is -0.136. The van der Waals surface area contributed by atoms with Crippen LogP contribution >= 0.6 is 0 Å². The zero-order chi connectivity index (χ0) is 22.6. The Hall–Kier alpha value is -3.35. The van der Waals surface area contributed by atoms with Gasteiger partial charge in [0.25, 0.3) is 0 Å². The summed E-state index contributed by atoms with van der Waals surface area (Å²) in [6, 6.07) is 16.7. The van der Waals surface area contributed by atoms with Crippen molar-refractivity contribution in [3.8, 4) is 5.75 Å². The van der Waals surface area contributed by atoms with Crippen molar-refractivity contribution in [3.63, 3.8) is 0 Å². The average molecular weight is 426 g/mol. The standard InChI is InChI=1S/C24H31N3O4/c1-18(2)16-27(24(30)14-9-19-7-5-4-6-8-19)17-23(29)25-15-22(28)26-20-10-12-21(31-3)13-11-20/h4-8,10-13,18H,9,14-17H2,1-3H3,(H,25,29)(H,26,28). The largest absolute Gasteiger partial charge is 0.497 e. The Balaban J connectivity index is 1.81. The van der Waals surface area contributed by atoms with Gasteiger partial charge >= 0.3 is 0 Å². The first-order valence-electron chi connectivity index (χ1n) is 10.4. The van der Waals surface area contributed by atoms with Gasteiger partial charge in [-0.3, -0.25) is 14.4 Å². The molecule has 2 aromatic carbocycles. The molecule has 0 saturated carbocycles. The number of carbonyl (C=O) groups is 3. The highest BCUT2D eigenvalue weighted by Crippen LogP contribution is 2.14. The minimum Gasteiger partial charge on any atom is -0.497 e. The monoisotopic (exact) mass is 425 g/mol. The molecule has 0 unspecified atom stereocenters. The molecule has 0 spiro atoms. The number of rotatable bonds is 11. The van der Waals surface area contributed by atoms with Crippen molar-refractivity contribution in [1.29, 1.82) is 0 Å². The normalized spacial score (nSPS) is 10.5. The molecule has 0 heterocycles. The third-order valence-corrected chi connectivity index (χ3v) is 4.56. The van der Waals surface area contributed by atoms with Crippen LogP contribution in [-0.2, 0) is 20.8 Å². The number of carbonyl (C=O) groups excluding carboxylic acids is 3. The first kappa shape index (κ1) is 23.9. The quantitative estimate of drug-likeness (QED) is 0.580. The number of hydrogen-bond donors (Lipinski definition) is 2. The second-order valence-electron chi connectivity index (χ2n) is 7.71. The summed E-state index contributed by atoms with van der Waals surface area (Å²) >= 11 is 0. The molecule has 0 aliphatic rings. The number of nitrogens with zero attached hydrogens (tertiary/aromatic N) is 1. The molecule has 0 radical (unpaired) electrons. The van der Waals surface area contributed by atoms with Gasteiger partial charge in [0.1, 0.15) is 5.75 Å². The van der Waals surface area contributed by atoms with Crippen LogP contribution in [-0.4, -0.2) is 49.4 Å². The van der Waals surface area contributed by atoms with Gasteiger partial charge in [0.05, 0.1) is 20.2 Å². The predicted octanol–water partition coefficient (Wildman–Crippen LogP) is 2.87. The summed E-state index contributed by atoms with van der Waals surface area (Å²) in [7, 11) is 1.57. The van der Waals surface area contributed by atoms with Gasteiger partial charge in [0.15, 0.2) is 0 Å². The van der Waals surface area contributed by atoms with E-state index in [9.17, 15) is 14.4 Å². The van der Waals surface area contributed by atoms with Gasteiger partial charge in [-0.2, -0.15) is 0 Å². The second kappa shape index (κ2) is 12.4. The van der Waals surface area contributed by atoms with Gasteiger partial charge in [-0.1, -0.05) is 44.2 Å². The molecule has 2 aromatic rings. The van der Waals surface area contributed by atoms with Crippen LogP contribution in [0.4, 0.5) is 5.69 Å². The molecule has 0 bridgehead atoms. The fourth-order valence-corrected chi connectivity index (χ4v) is 3.04. The van der Waals surface area contributed by atoms with Crippen molar-refractivity contribution in [2.75, 3.05) is 32.1 Å². The molecular weight excluding hydrogens is 394 g/mol. The predicted molar refractivity (Wildman–Crippen MR) is 121 cm³/mol. The van der Waals surface area contributed by atoms with E-state index in [4.69, 9.17) is 4.74 Å². The summed E-state index contributed by atoms with van der Waals surface area (Å²) in [5.41, 5.74) is 1.69. The Kier molecular flexibility index (Phi) is 9.55. The molecule has 166 valence electrons. The van der Waals surface area contributed by atoms with Crippen molar-refractivity contribution in [3.05, 3.63) is 60.2 Å². The van der Waals surface area contributed by atoms with E-state index < -0.39 is 0 Å². The zero-order valence-corrected chi connectivity index (χ0v) is 18.4. The lowest BCUT2D eigenvalue weighted by atomic mass is 10.1. The zero-order valence-electron chi connectivity index (χ0n) is 18.4. The molecule has 2 rings (SSSR count). The first-order chi connectivity index (χ1) is 14.9. The van der Waals surface area contributed by atoms with Crippen LogP contribution in [0.15, 0.2) is 54.6 Å². The highest BCUT2D eigenvalue weighted by Gasteiger charge is 2.18. The lowest BCUT2D eigenvalue weighted by Gasteiger charge is -2.24. The number of benzene rings is 2. The summed E-state index contributed by atoms with van der Waals surface area (Å²) in [6.07, 6.45) is 0.960. The number of ether oxygens (including phenoxy) is 1. The van der Waals surface area contributed by atoms with Crippen molar-refractivity contribution < 1.29 is 19.1 Å². The number of aryl methyl sites for hydroxylation is 1. The van der Waals surface area contributed by atoms with Crippen LogP contribution in [0, 0.1) is 5.92 Å². The van der Waals surface area contributed by atoms with E-state index in [2.05, 4.69) is 10.6 Å². The Morgan fingerprint density at radius 3 is 2.26 bits per heavy atom. The summed E-state index contributed by atoms with van der Waals surface area (Å²) < 4.78 is 5.08. The van der Waals surface area contributed by atoms with E-state index in [1.807, 2.05) is 44.2 Å². The van der Waals surface area contributed by atoms with Crippen LogP contribution in [0.2, 0.25) is 0 Å². The first-order valence-corrected chi connectivity index (χ1v) is 10.4. The molecule has 31 heavy (non-hydrogen) atoms. The number of amides is 3. The Labute approximate surface area is 183 Å². The SMILES string of the molecule is COc1ccc(NC(=O)CNC(=O)CN(CC(C)C)C(=O)CCc2ccccc2)cc1. The summed E-state index contributed by atoms with van der Waals surface area (Å²) in [4.78, 5) is 38.7. The van der Waals surface area contributed by atoms with Crippen molar-refractivity contribution >= 4 is 23.4 Å². The van der Waals surface area contributed by atoms with E-state index in [-0.39, 0.29) is 36.7 Å². The van der Waals surface area contributed by atoms with Gasteiger partial charge in [0, 0.05) is 18.7 Å². The van der Waals surface area contributed by atoms with Crippen LogP contribution < -0.4 is 15.4 Å². The molecule has 7 nitrogen and oxygen atoms in total. The Bertz CT molecular complexity index is 851. The Morgan fingerprint density at radius 2 is 1.65 bits per heavy atom. The maximum absolute atomic E-state index is 12.7. The smallest absolute Gasteiger partial charge is 0.243 e. The molecule has 0 atom stereocenters. The molecule has 3 amide bonds. The van der Waals surface area contributed by atoms with Crippen molar-refractivity contribution in [1.82, 2.24) is 10.2 Å². The van der Waals surface area contributed by atoms with E-state index in [1.165, 1.54) is 0 Å². The van der Waals surface area contributed by atoms with E-state index >= 15 is 0 Å². The highest BCUT2D eigenvalue weighted by atomic mass is 16.5. The highest BCUT2D eigenvalue weighted by molar-refractivity contribution is 5.95. The Morgan fingerprint density at radius 1 is 0.968 bits per heavy atom. The maximum atomic E-state index is 12.7. The third kappa shape index (κ3) is 8.90. The number of methoxy groups -OCH3 is 1. The minimum atomic E-state index is -0.362. The number of nitrogens with one attached hydrogen (secondary N) is 2. The summed E-state index contributed by atoms with van der Waals surface area (Å²) in [5.74, 6) is 0.138. The van der Waals surface area contributed by atoms with Gasteiger partial charge in [-0.25, -0.2) is 0 Å². The topological polar surface area (TPSA) is 87.7 Å². The number of hydrogen-bond acceptors (Lipinski definition) is 4. The molecule has 7 heteroatoms. The van der Waals surface area contributed by atoms with E-state index in [0.717, 1.165) is 5.56 Å². The number of anilines is 1. The van der Waals surface area contributed by atoms with E-state index in [0.29, 0.717) is 30.8 Å². The average Bonchev–Trinajstić information content (AvgIpc) is 2.76. The van der Waals surface area contributed by atoms with Gasteiger partial charge < -0.3 is 20.3 Å². The molecule has 2 N–H and O–H groups in total. The molecule has 0 fully saturated rings. The van der Waals surface area contributed by atoms with Crippen LogP contribution in [0.25, 0.3) is 0 Å². The van der Waals surface area contributed by atoms with Crippen LogP contribution in [0.5, 0.6) is 5.75 Å². The molecule has 0 aliphatic carbocycles. The second-order valence-corrected chi connectivity index (χ2v) is 7.71. The fourth-order valence-electron chi connectivity index (χ4n) is 3.04. The van der Waals surface area contributed by atoms with Crippen molar-refractivity contribution in [2.45, 2.75) is 26.7 Å². The minimum absolute atomic E-state index is 0.0678. The van der Waals surface area contributed by atoms with Crippen molar-refractivity contribution in [2.24, 2.45) is 5.92 Å². The van der Waals surface area contributed by atoms with E-state index in [1.54, 1.807) is 36.3 Å². The van der Waals surface area contributed by atoms with Gasteiger partial charge in [-0.05, 0) is 42.2 Å². The molecule has 0 aliphatic heterocycles. The molecule has 0 aromatic heterocycles. The third-order valence-electron chi connectivity index (χ3n) is 4.56. The van der Waals surface area contributed by atoms with Gasteiger partial charge in [0.2, 0.25) is 17.7 Å². The van der Waals surface area contributed by atoms with Gasteiger partial charge in [-0.15, -0.1) is 0 Å². The molecular formula is C24H31N3O4. The summed E-state index contributed by atoms with van der Waals surface area (Å²) in [6.45, 7) is 4.24. The van der Waals surface area contributed by atoms with Crippen LogP contribution in [0.3, 0.4) is 0 Å². The fraction of sp³-hybridized carbons (Fsp3) is 0.375. The maximum Gasteiger partial charge on any atom is 0.243 e. The lowest BCUT2D eigenvalue weighted by Crippen LogP contribution is -2.44. The molecule has 0 saturated heterocycles. The summed E-state index contributed by atoms with van der Waals surface area (Å²) in [5, 5.41) is 5.29.